The molecule has 2 amide bonds. The van der Waals surface area contributed by atoms with Crippen molar-refractivity contribution < 1.29 is 19.1 Å². The highest BCUT2D eigenvalue weighted by molar-refractivity contribution is 5.95. The number of carbonyl (C=O) groups is 2. The highest BCUT2D eigenvalue weighted by Gasteiger charge is 2.13. The first-order chi connectivity index (χ1) is 11.6. The summed E-state index contributed by atoms with van der Waals surface area (Å²) in [5.74, 6) is 1.48. The number of nitrogens with one attached hydrogen (secondary N) is 2. The molecule has 0 aliphatic carbocycles. The minimum absolute atomic E-state index is 0.00488. The minimum Gasteiger partial charge on any atom is -0.454 e. The van der Waals surface area contributed by atoms with E-state index in [0.29, 0.717) is 24.2 Å². The molecule has 0 saturated heterocycles. The van der Waals surface area contributed by atoms with Crippen LogP contribution in [-0.4, -0.2) is 25.2 Å². The Morgan fingerprint density at radius 2 is 1.79 bits per heavy atom. The van der Waals surface area contributed by atoms with Gasteiger partial charge in [-0.15, -0.1) is 0 Å². The monoisotopic (exact) mass is 326 g/mol. The number of ether oxygens (including phenoxy) is 2. The molecule has 6 heteroatoms. The zero-order valence-electron chi connectivity index (χ0n) is 13.3. The number of rotatable bonds is 5. The van der Waals surface area contributed by atoms with Gasteiger partial charge in [-0.25, -0.2) is 4.79 Å². The molecule has 2 aromatic carbocycles. The molecular weight excluding hydrogens is 308 g/mol. The van der Waals surface area contributed by atoms with Crippen molar-refractivity contribution in [3.63, 3.8) is 0 Å². The van der Waals surface area contributed by atoms with Crippen molar-refractivity contribution in [1.82, 2.24) is 5.32 Å². The van der Waals surface area contributed by atoms with Crippen LogP contribution in [0.25, 0.3) is 0 Å². The molecule has 124 valence electrons. The maximum Gasteiger partial charge on any atom is 0.319 e. The third kappa shape index (κ3) is 3.84. The van der Waals surface area contributed by atoms with Crippen LogP contribution >= 0.6 is 0 Å². The van der Waals surface area contributed by atoms with Gasteiger partial charge in [0, 0.05) is 17.8 Å². The van der Waals surface area contributed by atoms with Gasteiger partial charge in [-0.2, -0.15) is 0 Å². The number of Topliss-reactive ketones (excluding diaryl/α,β-unsaturated/α-hetero) is 1. The summed E-state index contributed by atoms with van der Waals surface area (Å²) in [4.78, 5) is 23.1. The third-order valence-corrected chi connectivity index (χ3v) is 3.69. The fourth-order valence-electron chi connectivity index (χ4n) is 2.38. The van der Waals surface area contributed by atoms with E-state index in [-0.39, 0.29) is 18.6 Å². The van der Waals surface area contributed by atoms with Gasteiger partial charge in [-0.05, 0) is 55.3 Å². The number of hydrogen-bond donors (Lipinski definition) is 2. The Hall–Kier alpha value is -3.02. The lowest BCUT2D eigenvalue weighted by Crippen LogP contribution is -2.30. The summed E-state index contributed by atoms with van der Waals surface area (Å²) in [6.07, 6.45) is 0.688. The molecule has 2 aromatic rings. The van der Waals surface area contributed by atoms with Crippen molar-refractivity contribution in [3.8, 4) is 11.5 Å². The Morgan fingerprint density at radius 1 is 1.04 bits per heavy atom. The first kappa shape index (κ1) is 15.9. The van der Waals surface area contributed by atoms with Gasteiger partial charge in [-0.1, -0.05) is 6.07 Å². The molecule has 0 saturated carbocycles. The average molecular weight is 326 g/mol. The molecule has 6 nitrogen and oxygen atoms in total. The highest BCUT2D eigenvalue weighted by Crippen LogP contribution is 2.32. The van der Waals surface area contributed by atoms with E-state index in [0.717, 1.165) is 17.1 Å². The number of carbonyl (C=O) groups excluding carboxylic acids is 2. The topological polar surface area (TPSA) is 76.7 Å². The van der Waals surface area contributed by atoms with Crippen LogP contribution in [0.2, 0.25) is 0 Å². The Balaban J connectivity index is 1.46. The Morgan fingerprint density at radius 3 is 2.54 bits per heavy atom. The van der Waals surface area contributed by atoms with Gasteiger partial charge < -0.3 is 20.1 Å². The van der Waals surface area contributed by atoms with Crippen molar-refractivity contribution in [3.05, 3.63) is 53.6 Å². The first-order valence-corrected chi connectivity index (χ1v) is 7.66. The minimum atomic E-state index is -0.286. The number of fused-ring (bicyclic) bond motifs is 1. The molecule has 1 heterocycles. The summed E-state index contributed by atoms with van der Waals surface area (Å²) in [5, 5.41) is 5.53. The second kappa shape index (κ2) is 7.04. The predicted molar refractivity (Wildman–Crippen MR) is 89.7 cm³/mol. The predicted octanol–water partition coefficient (Wildman–Crippen LogP) is 2.98. The standard InChI is InChI=1S/C18H18N2O4/c1-12(21)14-3-5-15(6-4-14)20-18(22)19-9-8-13-2-7-16-17(10-13)24-11-23-16/h2-7,10H,8-9,11H2,1H3,(H2,19,20,22). The van der Waals surface area contributed by atoms with Crippen LogP contribution in [0, 0.1) is 0 Å². The van der Waals surface area contributed by atoms with Crippen LogP contribution in [0.3, 0.4) is 0 Å². The summed E-state index contributed by atoms with van der Waals surface area (Å²) >= 11 is 0. The Bertz CT molecular complexity index is 756. The van der Waals surface area contributed by atoms with Gasteiger partial charge in [0.1, 0.15) is 0 Å². The Kier molecular flexibility index (Phi) is 4.65. The summed E-state index contributed by atoms with van der Waals surface area (Å²) in [6.45, 7) is 2.25. The van der Waals surface area contributed by atoms with Crippen LogP contribution in [0.15, 0.2) is 42.5 Å². The lowest BCUT2D eigenvalue weighted by molar-refractivity contribution is 0.101. The molecule has 0 fully saturated rings. The fourth-order valence-corrected chi connectivity index (χ4v) is 2.38. The van der Waals surface area contributed by atoms with Crippen molar-refractivity contribution >= 4 is 17.5 Å². The lowest BCUT2D eigenvalue weighted by Gasteiger charge is -2.08. The van der Waals surface area contributed by atoms with Crippen molar-refractivity contribution in [2.45, 2.75) is 13.3 Å². The number of benzene rings is 2. The summed E-state index contributed by atoms with van der Waals surface area (Å²) in [5.41, 5.74) is 2.31. The molecule has 0 radical (unpaired) electrons. The quantitative estimate of drug-likeness (QED) is 0.828. The van der Waals surface area contributed by atoms with E-state index in [1.807, 2.05) is 18.2 Å². The van der Waals surface area contributed by atoms with Crippen LogP contribution in [0.5, 0.6) is 11.5 Å². The van der Waals surface area contributed by atoms with E-state index in [1.54, 1.807) is 24.3 Å². The molecule has 0 unspecified atom stereocenters. The molecule has 2 N–H and O–H groups in total. The normalized spacial score (nSPS) is 11.9. The maximum absolute atomic E-state index is 11.9. The van der Waals surface area contributed by atoms with Crippen molar-refractivity contribution in [2.24, 2.45) is 0 Å². The van der Waals surface area contributed by atoms with Crippen molar-refractivity contribution in [1.29, 1.82) is 0 Å². The molecule has 0 aromatic heterocycles. The van der Waals surface area contributed by atoms with Gasteiger partial charge in [0.15, 0.2) is 17.3 Å². The van der Waals surface area contributed by atoms with E-state index in [1.165, 1.54) is 6.92 Å². The Labute approximate surface area is 139 Å². The molecule has 1 aliphatic heterocycles. The second-order valence-corrected chi connectivity index (χ2v) is 5.45. The maximum atomic E-state index is 11.9. The van der Waals surface area contributed by atoms with Crippen LogP contribution in [0.4, 0.5) is 10.5 Å². The zero-order valence-corrected chi connectivity index (χ0v) is 13.3. The average Bonchev–Trinajstić information content (AvgIpc) is 3.03. The smallest absolute Gasteiger partial charge is 0.319 e. The third-order valence-electron chi connectivity index (χ3n) is 3.69. The molecular formula is C18H18N2O4. The number of urea groups is 1. The SMILES string of the molecule is CC(=O)c1ccc(NC(=O)NCCc2ccc3c(c2)OCO3)cc1. The van der Waals surface area contributed by atoms with Crippen LogP contribution < -0.4 is 20.1 Å². The summed E-state index contributed by atoms with van der Waals surface area (Å²) in [7, 11) is 0. The van der Waals surface area contributed by atoms with E-state index in [9.17, 15) is 9.59 Å². The van der Waals surface area contributed by atoms with E-state index < -0.39 is 0 Å². The number of ketones is 1. The van der Waals surface area contributed by atoms with E-state index in [4.69, 9.17) is 9.47 Å². The zero-order chi connectivity index (χ0) is 16.9. The molecule has 0 bridgehead atoms. The number of anilines is 1. The fraction of sp³-hybridized carbons (Fsp3) is 0.222. The molecule has 0 spiro atoms. The summed E-state index contributed by atoms with van der Waals surface area (Å²) < 4.78 is 10.6. The molecule has 3 rings (SSSR count). The van der Waals surface area contributed by atoms with Gasteiger partial charge in [0.05, 0.1) is 0 Å². The second-order valence-electron chi connectivity index (χ2n) is 5.45. The highest BCUT2D eigenvalue weighted by atomic mass is 16.7. The van der Waals surface area contributed by atoms with Crippen LogP contribution in [0.1, 0.15) is 22.8 Å². The van der Waals surface area contributed by atoms with Gasteiger partial charge in [0.2, 0.25) is 6.79 Å². The molecule has 24 heavy (non-hydrogen) atoms. The van der Waals surface area contributed by atoms with Gasteiger partial charge >= 0.3 is 6.03 Å². The molecule has 1 aliphatic rings. The first-order valence-electron chi connectivity index (χ1n) is 7.66. The largest absolute Gasteiger partial charge is 0.454 e. The van der Waals surface area contributed by atoms with Crippen LogP contribution in [-0.2, 0) is 6.42 Å². The van der Waals surface area contributed by atoms with Crippen molar-refractivity contribution in [2.75, 3.05) is 18.7 Å². The molecule has 0 atom stereocenters. The lowest BCUT2D eigenvalue weighted by atomic mass is 10.1. The van der Waals surface area contributed by atoms with E-state index in [2.05, 4.69) is 10.6 Å². The number of hydrogen-bond acceptors (Lipinski definition) is 4. The summed E-state index contributed by atoms with van der Waals surface area (Å²) in [6, 6.07) is 12.2. The van der Waals surface area contributed by atoms with Gasteiger partial charge in [-0.3, -0.25) is 4.79 Å². The van der Waals surface area contributed by atoms with Gasteiger partial charge in [0.25, 0.3) is 0 Å². The number of amides is 2. The van der Waals surface area contributed by atoms with E-state index >= 15 is 0 Å².